The summed E-state index contributed by atoms with van der Waals surface area (Å²) in [5.74, 6) is 0. The van der Waals surface area contributed by atoms with E-state index in [9.17, 15) is 0 Å². The Kier molecular flexibility index (Phi) is 4.38. The van der Waals surface area contributed by atoms with Crippen LogP contribution in [0.5, 0.6) is 0 Å². The highest BCUT2D eigenvalue weighted by atomic mass is 35.5. The van der Waals surface area contributed by atoms with Gasteiger partial charge in [0.25, 0.3) is 0 Å². The van der Waals surface area contributed by atoms with Crippen molar-refractivity contribution in [2.45, 2.75) is 6.42 Å². The fourth-order valence-corrected chi connectivity index (χ4v) is 0.368. The van der Waals surface area contributed by atoms with Gasteiger partial charge < -0.3 is 0 Å². The lowest BCUT2D eigenvalue weighted by molar-refractivity contribution is 1.31. The molecule has 0 amide bonds. The second-order valence-electron chi connectivity index (χ2n) is 1.43. The average Bonchev–Trinajstić information content (AvgIpc) is 1.83. The van der Waals surface area contributed by atoms with Crippen LogP contribution in [0.1, 0.15) is 6.42 Å². The molecule has 1 heteroatoms. The van der Waals surface area contributed by atoms with E-state index in [1.54, 1.807) is 6.08 Å². The Balaban J connectivity index is 3.39. The first-order valence-electron chi connectivity index (χ1n) is 2.36. The predicted molar refractivity (Wildman–Crippen MR) is 38.9 cm³/mol. The third kappa shape index (κ3) is 3.69. The number of hydrogen-bond donors (Lipinski definition) is 0. The molecule has 0 atom stereocenters. The van der Waals surface area contributed by atoms with E-state index in [-0.39, 0.29) is 0 Å². The minimum atomic E-state index is 0.799. The minimum Gasteiger partial charge on any atom is -0.0988 e. The zero-order valence-corrected chi connectivity index (χ0v) is 5.49. The Morgan fingerprint density at radius 2 is 2.25 bits per heavy atom. The van der Waals surface area contributed by atoms with Crippen LogP contribution < -0.4 is 0 Å². The lowest BCUT2D eigenvalue weighted by Gasteiger charge is -1.86. The van der Waals surface area contributed by atoms with Gasteiger partial charge in [-0.3, -0.25) is 0 Å². The lowest BCUT2D eigenvalue weighted by atomic mass is 10.2. The monoisotopic (exact) mass is 128 g/mol. The Labute approximate surface area is 55.2 Å². The van der Waals surface area contributed by atoms with Crippen molar-refractivity contribution in [3.8, 4) is 0 Å². The predicted octanol–water partition coefficient (Wildman–Crippen LogP) is 2.87. The molecule has 0 spiro atoms. The molecule has 0 aliphatic carbocycles. The average molecular weight is 129 g/mol. The summed E-state index contributed by atoms with van der Waals surface area (Å²) in [6.45, 7) is 7.22. The highest BCUT2D eigenvalue weighted by molar-refractivity contribution is 6.25. The molecule has 0 saturated carbocycles. The Morgan fingerprint density at radius 3 is 2.62 bits per heavy atom. The first-order chi connectivity index (χ1) is 3.81. The van der Waals surface area contributed by atoms with Crippen LogP contribution in [0, 0.1) is 0 Å². The van der Waals surface area contributed by atoms with Crippen LogP contribution in [0.25, 0.3) is 0 Å². The van der Waals surface area contributed by atoms with Gasteiger partial charge in [-0.15, -0.1) is 0 Å². The van der Waals surface area contributed by atoms with Crippen molar-refractivity contribution >= 4 is 11.6 Å². The first-order valence-corrected chi connectivity index (χ1v) is 2.80. The van der Waals surface area contributed by atoms with Crippen molar-refractivity contribution in [3.63, 3.8) is 0 Å². The molecule has 0 rings (SSSR count). The Bertz CT molecular complexity index is 112. The number of allylic oxidation sites excluding steroid dienone is 3. The van der Waals surface area contributed by atoms with E-state index in [2.05, 4.69) is 13.2 Å². The van der Waals surface area contributed by atoms with Gasteiger partial charge in [-0.25, -0.2) is 0 Å². The lowest BCUT2D eigenvalue weighted by Crippen LogP contribution is -1.66. The highest BCUT2D eigenvalue weighted by Gasteiger charge is 1.78. The molecule has 0 N–H and O–H groups in total. The molecule has 44 valence electrons. The van der Waals surface area contributed by atoms with Crippen LogP contribution in [-0.2, 0) is 0 Å². The highest BCUT2D eigenvalue weighted by Crippen LogP contribution is 1.99. The second kappa shape index (κ2) is 4.66. The van der Waals surface area contributed by atoms with E-state index in [1.807, 2.05) is 6.08 Å². The maximum Gasteiger partial charge on any atom is 0.000579 e. The minimum absolute atomic E-state index is 0.799. The molecule has 0 nitrogen and oxygen atoms in total. The number of halogens is 1. The summed E-state index contributed by atoms with van der Waals surface area (Å²) in [6.07, 6.45) is 4.34. The zero-order chi connectivity index (χ0) is 6.41. The SMILES string of the molecule is C=CC(=C)CC=CCl. The molecule has 0 fully saturated rings. The zero-order valence-electron chi connectivity index (χ0n) is 4.73. The van der Waals surface area contributed by atoms with Gasteiger partial charge >= 0.3 is 0 Å². The molecule has 0 unspecified atom stereocenters. The molecule has 0 aliphatic rings. The smallest absolute Gasteiger partial charge is 0.000579 e. The number of rotatable bonds is 3. The van der Waals surface area contributed by atoms with E-state index in [0.29, 0.717) is 0 Å². The van der Waals surface area contributed by atoms with Crippen LogP contribution in [0.3, 0.4) is 0 Å². The van der Waals surface area contributed by atoms with E-state index in [4.69, 9.17) is 11.6 Å². The van der Waals surface area contributed by atoms with Crippen LogP contribution in [0.2, 0.25) is 0 Å². The summed E-state index contributed by atoms with van der Waals surface area (Å²) in [4.78, 5) is 0. The van der Waals surface area contributed by atoms with Gasteiger partial charge in [0.1, 0.15) is 0 Å². The largest absolute Gasteiger partial charge is 0.0988 e. The van der Waals surface area contributed by atoms with Crippen LogP contribution >= 0.6 is 11.6 Å². The summed E-state index contributed by atoms with van der Waals surface area (Å²) >= 11 is 5.25. The van der Waals surface area contributed by atoms with Crippen molar-refractivity contribution in [2.24, 2.45) is 0 Å². The molecule has 0 radical (unpaired) electrons. The summed E-state index contributed by atoms with van der Waals surface area (Å²) in [5.41, 5.74) is 2.47. The molecule has 0 aromatic heterocycles. The van der Waals surface area contributed by atoms with E-state index < -0.39 is 0 Å². The van der Waals surface area contributed by atoms with Gasteiger partial charge in [0, 0.05) is 5.54 Å². The van der Waals surface area contributed by atoms with Gasteiger partial charge in [0.2, 0.25) is 0 Å². The van der Waals surface area contributed by atoms with Crippen molar-refractivity contribution in [3.05, 3.63) is 36.4 Å². The van der Waals surface area contributed by atoms with E-state index in [1.165, 1.54) is 5.54 Å². The molecule has 0 saturated heterocycles. The van der Waals surface area contributed by atoms with Crippen LogP contribution in [0.15, 0.2) is 36.4 Å². The molecule has 0 bridgehead atoms. The molecule has 0 aliphatic heterocycles. The summed E-state index contributed by atoms with van der Waals surface area (Å²) in [5, 5.41) is 0. The van der Waals surface area contributed by atoms with Gasteiger partial charge in [0.15, 0.2) is 0 Å². The summed E-state index contributed by atoms with van der Waals surface area (Å²) < 4.78 is 0. The quantitative estimate of drug-likeness (QED) is 0.513. The molecule has 0 heterocycles. The van der Waals surface area contributed by atoms with E-state index >= 15 is 0 Å². The standard InChI is InChI=1S/C7H9Cl/c1-3-7(2)5-4-6-8/h3-4,6H,1-2,5H2. The molecule has 8 heavy (non-hydrogen) atoms. The van der Waals surface area contributed by atoms with Crippen molar-refractivity contribution < 1.29 is 0 Å². The van der Waals surface area contributed by atoms with Gasteiger partial charge in [-0.2, -0.15) is 0 Å². The second-order valence-corrected chi connectivity index (χ2v) is 1.68. The maximum atomic E-state index is 5.25. The van der Waals surface area contributed by atoms with Crippen molar-refractivity contribution in [2.75, 3.05) is 0 Å². The fraction of sp³-hybridized carbons (Fsp3) is 0.143. The summed E-state index contributed by atoms with van der Waals surface area (Å²) in [7, 11) is 0. The normalized spacial score (nSPS) is 9.62. The molecular weight excluding hydrogens is 120 g/mol. The molecule has 0 aromatic carbocycles. The Hall–Kier alpha value is -0.490. The third-order valence-electron chi connectivity index (χ3n) is 0.758. The van der Waals surface area contributed by atoms with Crippen molar-refractivity contribution in [1.29, 1.82) is 0 Å². The molecular formula is C7H9Cl. The fourth-order valence-electron chi connectivity index (χ4n) is 0.279. The maximum absolute atomic E-state index is 5.25. The van der Waals surface area contributed by atoms with Gasteiger partial charge in [-0.05, 0) is 6.42 Å². The summed E-state index contributed by atoms with van der Waals surface area (Å²) in [6, 6.07) is 0. The third-order valence-corrected chi connectivity index (χ3v) is 0.936. The Morgan fingerprint density at radius 1 is 1.62 bits per heavy atom. The first kappa shape index (κ1) is 7.51. The van der Waals surface area contributed by atoms with Crippen LogP contribution in [-0.4, -0.2) is 0 Å². The van der Waals surface area contributed by atoms with Crippen molar-refractivity contribution in [1.82, 2.24) is 0 Å². The number of hydrogen-bond acceptors (Lipinski definition) is 0. The topological polar surface area (TPSA) is 0 Å². The van der Waals surface area contributed by atoms with Gasteiger partial charge in [-0.1, -0.05) is 42.5 Å². The van der Waals surface area contributed by atoms with Gasteiger partial charge in [0.05, 0.1) is 0 Å². The van der Waals surface area contributed by atoms with E-state index in [0.717, 1.165) is 12.0 Å². The molecule has 0 aromatic rings. The van der Waals surface area contributed by atoms with Crippen LogP contribution in [0.4, 0.5) is 0 Å².